The van der Waals surface area contributed by atoms with Crippen molar-refractivity contribution in [1.82, 2.24) is 0 Å². The van der Waals surface area contributed by atoms with Gasteiger partial charge in [-0.15, -0.1) is 0 Å². The Balaban J connectivity index is 1.42. The van der Waals surface area contributed by atoms with Crippen LogP contribution >= 0.6 is 0 Å². The van der Waals surface area contributed by atoms with Crippen LogP contribution in [0.4, 0.5) is 0 Å². The van der Waals surface area contributed by atoms with E-state index in [1.165, 1.54) is 48.5 Å². The van der Waals surface area contributed by atoms with Gasteiger partial charge in [0.2, 0.25) is 9.84 Å². The van der Waals surface area contributed by atoms with Crippen LogP contribution < -0.4 is 0 Å². The average molecular weight is 418 g/mol. The molecule has 0 saturated carbocycles. The topological polar surface area (TPSA) is 112 Å². The molecule has 29 heavy (non-hydrogen) atoms. The minimum atomic E-state index is -3.80. The number of esters is 2. The highest BCUT2D eigenvalue weighted by atomic mass is 32.2. The van der Waals surface area contributed by atoms with Gasteiger partial charge < -0.3 is 18.9 Å². The second kappa shape index (κ2) is 7.94. The molecule has 0 spiro atoms. The van der Waals surface area contributed by atoms with E-state index in [9.17, 15) is 18.0 Å². The Labute approximate surface area is 167 Å². The van der Waals surface area contributed by atoms with E-state index < -0.39 is 21.8 Å². The number of ether oxygens (including phenoxy) is 4. The highest BCUT2D eigenvalue weighted by Gasteiger charge is 2.26. The van der Waals surface area contributed by atoms with Gasteiger partial charge in [0.05, 0.1) is 34.1 Å². The van der Waals surface area contributed by atoms with Crippen LogP contribution in [0.15, 0.2) is 58.3 Å². The van der Waals surface area contributed by atoms with E-state index in [0.717, 1.165) is 0 Å². The van der Waals surface area contributed by atoms with E-state index in [-0.39, 0.29) is 46.3 Å². The van der Waals surface area contributed by atoms with E-state index in [2.05, 4.69) is 0 Å². The van der Waals surface area contributed by atoms with Crippen molar-refractivity contribution >= 4 is 21.8 Å². The molecule has 0 N–H and O–H groups in total. The van der Waals surface area contributed by atoms with E-state index in [1.54, 1.807) is 0 Å². The minimum Gasteiger partial charge on any atom is -0.459 e. The van der Waals surface area contributed by atoms with Crippen molar-refractivity contribution in [2.75, 3.05) is 26.4 Å². The molecule has 2 aromatic carbocycles. The summed E-state index contributed by atoms with van der Waals surface area (Å²) in [6, 6.07) is 11.0. The van der Waals surface area contributed by atoms with Crippen LogP contribution in [-0.2, 0) is 28.8 Å². The second-order valence-corrected chi connectivity index (χ2v) is 8.61. The fraction of sp³-hybridized carbons (Fsp3) is 0.300. The number of sulfone groups is 1. The smallest absolute Gasteiger partial charge is 0.338 e. The first-order valence-electron chi connectivity index (χ1n) is 8.96. The summed E-state index contributed by atoms with van der Waals surface area (Å²) in [4.78, 5) is 23.9. The van der Waals surface area contributed by atoms with Crippen LogP contribution in [0.3, 0.4) is 0 Å². The highest BCUT2D eigenvalue weighted by Crippen LogP contribution is 2.22. The van der Waals surface area contributed by atoms with Gasteiger partial charge in [0.25, 0.3) is 0 Å². The van der Waals surface area contributed by atoms with Gasteiger partial charge in [0.1, 0.15) is 25.4 Å². The summed E-state index contributed by atoms with van der Waals surface area (Å²) in [6.07, 6.45) is -0.0817. The maximum absolute atomic E-state index is 12.8. The summed E-state index contributed by atoms with van der Waals surface area (Å²) in [7, 11) is -3.80. The lowest BCUT2D eigenvalue weighted by atomic mass is 10.2. The number of benzene rings is 2. The summed E-state index contributed by atoms with van der Waals surface area (Å²) in [5.41, 5.74) is 0.504. The van der Waals surface area contributed by atoms with Crippen LogP contribution in [0.2, 0.25) is 0 Å². The molecule has 2 aliphatic heterocycles. The zero-order valence-electron chi connectivity index (χ0n) is 15.3. The van der Waals surface area contributed by atoms with E-state index in [4.69, 9.17) is 18.9 Å². The Morgan fingerprint density at radius 1 is 0.759 bits per heavy atom. The Kier molecular flexibility index (Phi) is 5.35. The van der Waals surface area contributed by atoms with Crippen LogP contribution in [-0.4, -0.2) is 59.0 Å². The average Bonchev–Trinajstić information content (AvgIpc) is 3.65. The Morgan fingerprint density at radius 2 is 1.10 bits per heavy atom. The van der Waals surface area contributed by atoms with Crippen molar-refractivity contribution < 1.29 is 37.0 Å². The number of rotatable bonds is 8. The van der Waals surface area contributed by atoms with Crippen molar-refractivity contribution in [2.45, 2.75) is 22.0 Å². The van der Waals surface area contributed by atoms with E-state index >= 15 is 0 Å². The molecule has 8 nitrogen and oxygen atoms in total. The molecule has 0 bridgehead atoms. The number of epoxide rings is 2. The second-order valence-electron chi connectivity index (χ2n) is 6.66. The third-order valence-corrected chi connectivity index (χ3v) is 6.19. The maximum atomic E-state index is 12.8. The zero-order valence-corrected chi connectivity index (χ0v) is 16.1. The third-order valence-electron chi connectivity index (χ3n) is 4.41. The molecule has 0 amide bonds. The van der Waals surface area contributed by atoms with Gasteiger partial charge in [-0.25, -0.2) is 18.0 Å². The Morgan fingerprint density at radius 3 is 1.41 bits per heavy atom. The molecule has 2 saturated heterocycles. The van der Waals surface area contributed by atoms with Crippen LogP contribution in [0.25, 0.3) is 0 Å². The zero-order chi connectivity index (χ0) is 20.4. The van der Waals surface area contributed by atoms with Crippen LogP contribution in [0.5, 0.6) is 0 Å². The molecule has 0 aliphatic carbocycles. The molecule has 9 heteroatoms. The van der Waals surface area contributed by atoms with Gasteiger partial charge in [-0.05, 0) is 48.5 Å². The molecule has 2 aliphatic rings. The molecule has 2 fully saturated rings. The summed E-state index contributed by atoms with van der Waals surface area (Å²) >= 11 is 0. The monoisotopic (exact) mass is 418 g/mol. The van der Waals surface area contributed by atoms with Gasteiger partial charge in [-0.1, -0.05) is 0 Å². The standard InChI is InChI=1S/C20H18O8S/c21-19(27-11-15-9-25-15)13-1-5-17(6-2-13)29(23,24)18-7-3-14(4-8-18)20(22)28-12-16-10-26-16/h1-8,15-16H,9-12H2. The van der Waals surface area contributed by atoms with Crippen molar-refractivity contribution in [1.29, 1.82) is 0 Å². The predicted molar refractivity (Wildman–Crippen MR) is 98.4 cm³/mol. The molecule has 2 heterocycles. The molecule has 0 radical (unpaired) electrons. The molecule has 2 unspecified atom stereocenters. The van der Waals surface area contributed by atoms with Crippen molar-refractivity contribution in [3.05, 3.63) is 59.7 Å². The van der Waals surface area contributed by atoms with Gasteiger partial charge >= 0.3 is 11.9 Å². The Bertz CT molecular complexity index is 926. The number of carbonyl (C=O) groups is 2. The SMILES string of the molecule is O=C(OCC1CO1)c1ccc(S(=O)(=O)c2ccc(C(=O)OCC3CO3)cc2)cc1. The van der Waals surface area contributed by atoms with Crippen molar-refractivity contribution in [3.63, 3.8) is 0 Å². The molecule has 4 rings (SSSR count). The van der Waals surface area contributed by atoms with E-state index in [0.29, 0.717) is 13.2 Å². The first kappa shape index (κ1) is 19.6. The highest BCUT2D eigenvalue weighted by molar-refractivity contribution is 7.91. The lowest BCUT2D eigenvalue weighted by Crippen LogP contribution is -2.11. The third kappa shape index (κ3) is 4.81. The van der Waals surface area contributed by atoms with Gasteiger partial charge in [-0.2, -0.15) is 0 Å². The quantitative estimate of drug-likeness (QED) is 0.470. The molecule has 152 valence electrons. The summed E-state index contributed by atoms with van der Waals surface area (Å²) in [5.74, 6) is -1.08. The molecule has 0 aromatic heterocycles. The molecule has 2 atom stereocenters. The lowest BCUT2D eigenvalue weighted by Gasteiger charge is -2.08. The molecular formula is C20H18O8S. The van der Waals surface area contributed by atoms with Gasteiger partial charge in [0, 0.05) is 0 Å². The number of carbonyl (C=O) groups excluding carboxylic acids is 2. The van der Waals surface area contributed by atoms with Crippen molar-refractivity contribution in [3.8, 4) is 0 Å². The number of hydrogen-bond donors (Lipinski definition) is 0. The first-order chi connectivity index (χ1) is 13.9. The Hall–Kier alpha value is -2.75. The summed E-state index contributed by atoms with van der Waals surface area (Å²) < 4.78 is 45.6. The first-order valence-corrected chi connectivity index (χ1v) is 10.4. The lowest BCUT2D eigenvalue weighted by molar-refractivity contribution is 0.0468. The van der Waals surface area contributed by atoms with Crippen LogP contribution in [0, 0.1) is 0 Å². The predicted octanol–water partition coefficient (Wildman–Crippen LogP) is 1.63. The normalized spacial score (nSPS) is 20.0. The van der Waals surface area contributed by atoms with Gasteiger partial charge in [0.15, 0.2) is 0 Å². The molecule has 2 aromatic rings. The van der Waals surface area contributed by atoms with Gasteiger partial charge in [-0.3, -0.25) is 0 Å². The van der Waals surface area contributed by atoms with E-state index in [1.807, 2.05) is 0 Å². The molecular weight excluding hydrogens is 400 g/mol. The fourth-order valence-corrected chi connectivity index (χ4v) is 3.77. The number of hydrogen-bond acceptors (Lipinski definition) is 8. The maximum Gasteiger partial charge on any atom is 0.338 e. The largest absolute Gasteiger partial charge is 0.459 e. The van der Waals surface area contributed by atoms with Crippen LogP contribution in [0.1, 0.15) is 20.7 Å². The summed E-state index contributed by atoms with van der Waals surface area (Å²) in [6.45, 7) is 1.52. The van der Waals surface area contributed by atoms with Crippen molar-refractivity contribution in [2.24, 2.45) is 0 Å². The minimum absolute atomic E-state index is 0.0285. The summed E-state index contributed by atoms with van der Waals surface area (Å²) in [5, 5.41) is 0. The fourth-order valence-electron chi connectivity index (χ4n) is 2.51.